The minimum absolute atomic E-state index is 0.0513. The SMILES string of the molecule is NC1=NC(=O)C2(CCN3CCC2C3)O1. The Bertz CT molecular complexity index is 328. The molecule has 3 aliphatic rings. The number of piperidine rings is 1. The fourth-order valence-corrected chi connectivity index (χ4v) is 2.81. The van der Waals surface area contributed by atoms with E-state index in [2.05, 4.69) is 9.89 Å². The number of aliphatic imine (C=N–C) groups is 1. The Morgan fingerprint density at radius 2 is 2.43 bits per heavy atom. The second-order valence-electron chi connectivity index (χ2n) is 4.28. The molecule has 2 saturated heterocycles. The van der Waals surface area contributed by atoms with E-state index in [1.54, 1.807) is 0 Å². The van der Waals surface area contributed by atoms with Crippen LogP contribution in [0.15, 0.2) is 4.99 Å². The molecule has 5 heteroatoms. The van der Waals surface area contributed by atoms with Crippen LogP contribution in [0.3, 0.4) is 0 Å². The fourth-order valence-electron chi connectivity index (χ4n) is 2.81. The minimum atomic E-state index is -0.697. The summed E-state index contributed by atoms with van der Waals surface area (Å²) in [4.78, 5) is 17.8. The van der Waals surface area contributed by atoms with Crippen LogP contribution in [-0.2, 0) is 9.53 Å². The monoisotopic (exact) mass is 195 g/mol. The highest BCUT2D eigenvalue weighted by Gasteiger charge is 2.56. The van der Waals surface area contributed by atoms with Gasteiger partial charge < -0.3 is 15.4 Å². The lowest BCUT2D eigenvalue weighted by Crippen LogP contribution is -2.51. The van der Waals surface area contributed by atoms with Gasteiger partial charge in [-0.3, -0.25) is 4.79 Å². The summed E-state index contributed by atoms with van der Waals surface area (Å²) < 4.78 is 5.48. The summed E-state index contributed by atoms with van der Waals surface area (Å²) >= 11 is 0. The van der Waals surface area contributed by atoms with Gasteiger partial charge in [-0.1, -0.05) is 0 Å². The lowest BCUT2D eigenvalue weighted by Gasteiger charge is -2.36. The van der Waals surface area contributed by atoms with Crippen LogP contribution in [0.2, 0.25) is 0 Å². The van der Waals surface area contributed by atoms with Crippen LogP contribution in [-0.4, -0.2) is 42.1 Å². The molecule has 0 aromatic heterocycles. The summed E-state index contributed by atoms with van der Waals surface area (Å²) in [6.45, 7) is 2.95. The zero-order valence-corrected chi connectivity index (χ0v) is 7.90. The number of rotatable bonds is 0. The lowest BCUT2D eigenvalue weighted by atomic mass is 9.81. The maximum Gasteiger partial charge on any atom is 0.294 e. The van der Waals surface area contributed by atoms with Gasteiger partial charge in [-0.2, -0.15) is 4.99 Å². The van der Waals surface area contributed by atoms with Gasteiger partial charge in [0, 0.05) is 25.4 Å². The first-order valence-corrected chi connectivity index (χ1v) is 5.01. The van der Waals surface area contributed by atoms with Gasteiger partial charge in [0.2, 0.25) is 0 Å². The molecule has 0 saturated carbocycles. The molecule has 3 rings (SSSR count). The molecule has 1 amide bonds. The molecule has 1 spiro atoms. The molecule has 3 atom stereocenters. The number of amides is 1. The Labute approximate surface area is 81.9 Å². The molecular formula is C9H13N3O2. The van der Waals surface area contributed by atoms with Crippen molar-refractivity contribution in [3.8, 4) is 0 Å². The van der Waals surface area contributed by atoms with E-state index in [4.69, 9.17) is 10.5 Å². The van der Waals surface area contributed by atoms with Crippen molar-refractivity contribution in [1.29, 1.82) is 0 Å². The van der Waals surface area contributed by atoms with Crippen molar-refractivity contribution in [1.82, 2.24) is 4.90 Å². The van der Waals surface area contributed by atoms with E-state index < -0.39 is 5.60 Å². The molecule has 0 radical (unpaired) electrons. The third-order valence-electron chi connectivity index (χ3n) is 3.59. The van der Waals surface area contributed by atoms with E-state index in [-0.39, 0.29) is 17.8 Å². The largest absolute Gasteiger partial charge is 0.448 e. The fraction of sp³-hybridized carbons (Fsp3) is 0.778. The number of ether oxygens (including phenoxy) is 1. The lowest BCUT2D eigenvalue weighted by molar-refractivity contribution is -0.138. The third kappa shape index (κ3) is 0.877. The number of fused-ring (bicyclic) bond motifs is 3. The number of carbonyl (C=O) groups excluding carboxylic acids is 1. The van der Waals surface area contributed by atoms with Crippen LogP contribution in [0.5, 0.6) is 0 Å². The van der Waals surface area contributed by atoms with Crippen molar-refractivity contribution in [2.75, 3.05) is 19.6 Å². The third-order valence-corrected chi connectivity index (χ3v) is 3.59. The summed E-state index contributed by atoms with van der Waals surface area (Å²) in [5, 5.41) is 0. The molecule has 0 aromatic carbocycles. The first-order valence-electron chi connectivity index (χ1n) is 5.01. The number of hydrogen-bond donors (Lipinski definition) is 1. The average Bonchev–Trinajstić information content (AvgIpc) is 2.65. The Morgan fingerprint density at radius 1 is 1.57 bits per heavy atom. The Morgan fingerprint density at radius 3 is 3.14 bits per heavy atom. The Balaban J connectivity index is 1.94. The van der Waals surface area contributed by atoms with Gasteiger partial charge in [0.25, 0.3) is 11.9 Å². The van der Waals surface area contributed by atoms with Crippen LogP contribution in [0, 0.1) is 5.92 Å². The van der Waals surface area contributed by atoms with Gasteiger partial charge in [-0.05, 0) is 13.0 Å². The summed E-state index contributed by atoms with van der Waals surface area (Å²) in [7, 11) is 0. The number of carbonyl (C=O) groups is 1. The summed E-state index contributed by atoms with van der Waals surface area (Å²) in [6.07, 6.45) is 1.76. The Hall–Kier alpha value is -1.10. The zero-order valence-electron chi connectivity index (χ0n) is 7.90. The van der Waals surface area contributed by atoms with E-state index >= 15 is 0 Å². The van der Waals surface area contributed by atoms with Crippen LogP contribution in [0.25, 0.3) is 0 Å². The van der Waals surface area contributed by atoms with Gasteiger partial charge in [0.15, 0.2) is 5.60 Å². The second kappa shape index (κ2) is 2.48. The molecule has 0 aliphatic carbocycles. The topological polar surface area (TPSA) is 67.9 Å². The summed E-state index contributed by atoms with van der Waals surface area (Å²) in [6, 6.07) is 0.0513. The second-order valence-corrected chi connectivity index (χ2v) is 4.28. The summed E-state index contributed by atoms with van der Waals surface area (Å²) in [5.74, 6) is 0.120. The maximum absolute atomic E-state index is 11.7. The molecule has 3 aliphatic heterocycles. The van der Waals surface area contributed by atoms with Crippen LogP contribution < -0.4 is 5.73 Å². The first-order chi connectivity index (χ1) is 6.71. The predicted octanol–water partition coefficient (Wildman–Crippen LogP) is -0.678. The van der Waals surface area contributed by atoms with E-state index in [0.717, 1.165) is 32.5 Å². The normalized spacial score (nSPS) is 45.4. The highest BCUT2D eigenvalue weighted by Crippen LogP contribution is 2.41. The van der Waals surface area contributed by atoms with Crippen LogP contribution in [0.1, 0.15) is 12.8 Å². The predicted molar refractivity (Wildman–Crippen MR) is 49.6 cm³/mol. The molecular weight excluding hydrogens is 182 g/mol. The molecule has 3 unspecified atom stereocenters. The molecule has 3 heterocycles. The zero-order chi connectivity index (χ0) is 9.76. The molecule has 5 nitrogen and oxygen atoms in total. The van der Waals surface area contributed by atoms with Crippen LogP contribution >= 0.6 is 0 Å². The Kier molecular flexibility index (Phi) is 1.45. The average molecular weight is 195 g/mol. The highest BCUT2D eigenvalue weighted by atomic mass is 16.5. The minimum Gasteiger partial charge on any atom is -0.448 e. The number of nitrogens with zero attached hydrogens (tertiary/aromatic N) is 2. The van der Waals surface area contributed by atoms with Crippen molar-refractivity contribution < 1.29 is 9.53 Å². The molecule has 76 valence electrons. The summed E-state index contributed by atoms with van der Waals surface area (Å²) in [5.41, 5.74) is 4.76. The number of hydrogen-bond acceptors (Lipinski definition) is 4. The van der Waals surface area contributed by atoms with E-state index in [0.29, 0.717) is 0 Å². The van der Waals surface area contributed by atoms with Crippen molar-refractivity contribution in [2.45, 2.75) is 18.4 Å². The number of amidine groups is 1. The quantitative estimate of drug-likeness (QED) is 0.556. The van der Waals surface area contributed by atoms with E-state index in [1.807, 2.05) is 0 Å². The molecule has 2 bridgehead atoms. The molecule has 14 heavy (non-hydrogen) atoms. The molecule has 2 fully saturated rings. The van der Waals surface area contributed by atoms with Gasteiger partial charge in [0.1, 0.15) is 0 Å². The maximum atomic E-state index is 11.7. The van der Waals surface area contributed by atoms with Gasteiger partial charge in [-0.25, -0.2) is 0 Å². The molecule has 0 aromatic rings. The first kappa shape index (κ1) is 8.23. The van der Waals surface area contributed by atoms with Crippen LogP contribution in [0.4, 0.5) is 0 Å². The van der Waals surface area contributed by atoms with Crippen molar-refractivity contribution in [3.05, 3.63) is 0 Å². The van der Waals surface area contributed by atoms with Crippen molar-refractivity contribution in [3.63, 3.8) is 0 Å². The van der Waals surface area contributed by atoms with Gasteiger partial charge >= 0.3 is 0 Å². The van der Waals surface area contributed by atoms with Crippen molar-refractivity contribution >= 4 is 11.9 Å². The van der Waals surface area contributed by atoms with Gasteiger partial charge in [-0.15, -0.1) is 0 Å². The molecule has 2 N–H and O–H groups in total. The number of nitrogens with two attached hydrogens (primary N) is 1. The standard InChI is InChI=1S/C9H13N3O2/c10-8-11-7(13)9(14-8)2-4-12-3-1-6(9)5-12/h6H,1-5H2,(H2,10,11,13). The highest BCUT2D eigenvalue weighted by molar-refractivity contribution is 6.01. The van der Waals surface area contributed by atoms with E-state index in [1.165, 1.54) is 0 Å². The van der Waals surface area contributed by atoms with Gasteiger partial charge in [0.05, 0.1) is 0 Å². The van der Waals surface area contributed by atoms with Crippen molar-refractivity contribution in [2.24, 2.45) is 16.6 Å². The smallest absolute Gasteiger partial charge is 0.294 e. The van der Waals surface area contributed by atoms with E-state index in [9.17, 15) is 4.79 Å².